The lowest BCUT2D eigenvalue weighted by Crippen LogP contribution is -2.39. The van der Waals surface area contributed by atoms with Gasteiger partial charge in [-0.15, -0.1) is 0 Å². The van der Waals surface area contributed by atoms with Crippen LogP contribution in [-0.4, -0.2) is 52.6 Å². The molecule has 2 N–H and O–H groups in total. The first kappa shape index (κ1) is 22.3. The van der Waals surface area contributed by atoms with E-state index in [1.807, 2.05) is 31.2 Å². The Labute approximate surface area is 158 Å². The van der Waals surface area contributed by atoms with Crippen molar-refractivity contribution in [1.29, 1.82) is 0 Å². The fraction of sp³-hybridized carbons (Fsp3) is 0.650. The van der Waals surface area contributed by atoms with Crippen molar-refractivity contribution in [3.05, 3.63) is 29.8 Å². The van der Waals surface area contributed by atoms with Gasteiger partial charge in [-0.05, 0) is 37.5 Å². The highest BCUT2D eigenvalue weighted by atomic mass is 16.5. The first-order valence-corrected chi connectivity index (χ1v) is 9.60. The Hall–Kier alpha value is -1.79. The van der Waals surface area contributed by atoms with E-state index in [1.165, 1.54) is 0 Å². The number of unbranched alkanes of at least 4 members (excludes halogenated alkanes) is 1. The van der Waals surface area contributed by atoms with Gasteiger partial charge in [-0.3, -0.25) is 0 Å². The van der Waals surface area contributed by atoms with E-state index in [9.17, 15) is 0 Å². The zero-order valence-corrected chi connectivity index (χ0v) is 16.6. The maximum Gasteiger partial charge on any atom is 0.191 e. The third-order valence-corrected chi connectivity index (χ3v) is 3.72. The maximum atomic E-state index is 5.59. The Morgan fingerprint density at radius 3 is 2.35 bits per heavy atom. The van der Waals surface area contributed by atoms with Gasteiger partial charge < -0.3 is 24.8 Å². The van der Waals surface area contributed by atoms with E-state index in [1.54, 1.807) is 7.11 Å². The zero-order valence-electron chi connectivity index (χ0n) is 16.6. The molecule has 0 saturated carbocycles. The Balaban J connectivity index is 2.43. The molecule has 0 amide bonds. The van der Waals surface area contributed by atoms with Crippen molar-refractivity contribution in [2.24, 2.45) is 4.99 Å². The second-order valence-corrected chi connectivity index (χ2v) is 5.88. The molecule has 0 spiro atoms. The number of rotatable bonds is 14. The molecule has 26 heavy (non-hydrogen) atoms. The lowest BCUT2D eigenvalue weighted by atomic mass is 10.2. The van der Waals surface area contributed by atoms with Gasteiger partial charge in [0.2, 0.25) is 0 Å². The second kappa shape index (κ2) is 15.5. The number of hydrogen-bond donors (Lipinski definition) is 2. The molecule has 0 unspecified atom stereocenters. The zero-order chi connectivity index (χ0) is 18.9. The molecule has 0 radical (unpaired) electrons. The summed E-state index contributed by atoms with van der Waals surface area (Å²) in [7, 11) is 1.67. The van der Waals surface area contributed by atoms with Crippen LogP contribution in [0.4, 0.5) is 0 Å². The van der Waals surface area contributed by atoms with E-state index in [-0.39, 0.29) is 0 Å². The standard InChI is InChI=1S/C20H35N3O3/c1-4-6-14-26-16-13-22-20(21-12-7-15-25-5-2)23-17-18-8-10-19(24-3)11-9-18/h8-11H,4-7,12-17H2,1-3H3,(H2,21,22,23). The third-order valence-electron chi connectivity index (χ3n) is 3.72. The maximum absolute atomic E-state index is 5.59. The number of nitrogens with zero attached hydrogens (tertiary/aromatic N) is 1. The predicted molar refractivity (Wildman–Crippen MR) is 107 cm³/mol. The number of ether oxygens (including phenoxy) is 3. The molecule has 0 saturated heterocycles. The van der Waals surface area contributed by atoms with Crippen LogP contribution in [0.1, 0.15) is 38.7 Å². The lowest BCUT2D eigenvalue weighted by Gasteiger charge is -2.13. The van der Waals surface area contributed by atoms with E-state index in [4.69, 9.17) is 14.2 Å². The molecule has 6 nitrogen and oxygen atoms in total. The minimum Gasteiger partial charge on any atom is -0.497 e. The molecule has 6 heteroatoms. The van der Waals surface area contributed by atoms with Crippen LogP contribution in [0.15, 0.2) is 29.3 Å². The van der Waals surface area contributed by atoms with Crippen molar-refractivity contribution in [1.82, 2.24) is 10.6 Å². The summed E-state index contributed by atoms with van der Waals surface area (Å²) < 4.78 is 16.1. The molecule has 0 aliphatic heterocycles. The summed E-state index contributed by atoms with van der Waals surface area (Å²) in [5.74, 6) is 1.66. The Morgan fingerprint density at radius 2 is 1.65 bits per heavy atom. The monoisotopic (exact) mass is 365 g/mol. The van der Waals surface area contributed by atoms with Gasteiger partial charge in [0.25, 0.3) is 0 Å². The highest BCUT2D eigenvalue weighted by Gasteiger charge is 2.00. The Bertz CT molecular complexity index is 478. The number of methoxy groups -OCH3 is 1. The largest absolute Gasteiger partial charge is 0.497 e. The van der Waals surface area contributed by atoms with E-state index >= 15 is 0 Å². The fourth-order valence-corrected chi connectivity index (χ4v) is 2.19. The quantitative estimate of drug-likeness (QED) is 0.301. The van der Waals surface area contributed by atoms with Gasteiger partial charge in [-0.25, -0.2) is 4.99 Å². The molecule has 0 aliphatic carbocycles. The van der Waals surface area contributed by atoms with Crippen molar-refractivity contribution in [3.8, 4) is 5.75 Å². The van der Waals surface area contributed by atoms with Crippen LogP contribution in [0, 0.1) is 0 Å². The van der Waals surface area contributed by atoms with Gasteiger partial charge in [0.15, 0.2) is 5.96 Å². The van der Waals surface area contributed by atoms with Crippen LogP contribution in [0.3, 0.4) is 0 Å². The summed E-state index contributed by atoms with van der Waals surface area (Å²) in [6, 6.07) is 7.97. The van der Waals surface area contributed by atoms with Crippen molar-refractivity contribution in [2.45, 2.75) is 39.7 Å². The van der Waals surface area contributed by atoms with Gasteiger partial charge in [0.1, 0.15) is 5.75 Å². The van der Waals surface area contributed by atoms with Crippen molar-refractivity contribution in [2.75, 3.05) is 46.6 Å². The smallest absolute Gasteiger partial charge is 0.191 e. The first-order valence-electron chi connectivity index (χ1n) is 9.60. The van der Waals surface area contributed by atoms with E-state index < -0.39 is 0 Å². The van der Waals surface area contributed by atoms with E-state index in [0.29, 0.717) is 13.2 Å². The molecule has 148 valence electrons. The number of nitrogens with one attached hydrogen (secondary N) is 2. The topological polar surface area (TPSA) is 64.1 Å². The molecule has 0 heterocycles. The fourth-order valence-electron chi connectivity index (χ4n) is 2.19. The van der Waals surface area contributed by atoms with Crippen LogP contribution in [-0.2, 0) is 16.0 Å². The lowest BCUT2D eigenvalue weighted by molar-refractivity contribution is 0.135. The van der Waals surface area contributed by atoms with Crippen LogP contribution in [0.5, 0.6) is 5.75 Å². The summed E-state index contributed by atoms with van der Waals surface area (Å²) >= 11 is 0. The van der Waals surface area contributed by atoms with Crippen molar-refractivity contribution < 1.29 is 14.2 Å². The van der Waals surface area contributed by atoms with Crippen LogP contribution in [0.25, 0.3) is 0 Å². The molecular weight excluding hydrogens is 330 g/mol. The molecule has 0 bridgehead atoms. The highest BCUT2D eigenvalue weighted by molar-refractivity contribution is 5.79. The van der Waals surface area contributed by atoms with Crippen molar-refractivity contribution in [3.63, 3.8) is 0 Å². The Kier molecular flexibility index (Phi) is 13.2. The normalized spacial score (nSPS) is 11.4. The summed E-state index contributed by atoms with van der Waals surface area (Å²) in [6.07, 6.45) is 3.21. The molecule has 1 aromatic rings. The SMILES string of the molecule is CCCCOCCNC(=NCc1ccc(OC)cc1)NCCCOCC. The summed E-state index contributed by atoms with van der Waals surface area (Å²) in [6.45, 7) is 9.37. The Morgan fingerprint density at radius 1 is 0.923 bits per heavy atom. The average molecular weight is 366 g/mol. The van der Waals surface area contributed by atoms with Crippen LogP contribution >= 0.6 is 0 Å². The van der Waals surface area contributed by atoms with Crippen LogP contribution in [0.2, 0.25) is 0 Å². The average Bonchev–Trinajstić information content (AvgIpc) is 2.68. The predicted octanol–water partition coefficient (Wildman–Crippen LogP) is 2.97. The van der Waals surface area contributed by atoms with Gasteiger partial charge >= 0.3 is 0 Å². The third kappa shape index (κ3) is 10.9. The van der Waals surface area contributed by atoms with Crippen molar-refractivity contribution >= 4 is 5.96 Å². The summed E-state index contributed by atoms with van der Waals surface area (Å²) in [5, 5.41) is 6.68. The molecule has 0 atom stereocenters. The van der Waals surface area contributed by atoms with E-state index in [2.05, 4.69) is 22.5 Å². The highest BCUT2D eigenvalue weighted by Crippen LogP contribution is 2.11. The second-order valence-electron chi connectivity index (χ2n) is 5.88. The molecule has 1 aromatic carbocycles. The number of benzene rings is 1. The number of hydrogen-bond acceptors (Lipinski definition) is 4. The molecule has 0 aromatic heterocycles. The van der Waals surface area contributed by atoms with Gasteiger partial charge in [0, 0.05) is 32.9 Å². The summed E-state index contributed by atoms with van der Waals surface area (Å²) in [4.78, 5) is 4.66. The van der Waals surface area contributed by atoms with Gasteiger partial charge in [-0.2, -0.15) is 0 Å². The molecule has 0 fully saturated rings. The minimum absolute atomic E-state index is 0.613. The van der Waals surface area contributed by atoms with E-state index in [0.717, 1.165) is 69.4 Å². The molecular formula is C20H35N3O3. The first-order chi connectivity index (χ1) is 12.8. The molecule has 0 aliphatic rings. The van der Waals surface area contributed by atoms with Gasteiger partial charge in [-0.1, -0.05) is 25.5 Å². The minimum atomic E-state index is 0.613. The summed E-state index contributed by atoms with van der Waals surface area (Å²) in [5.41, 5.74) is 1.14. The number of aliphatic imine (C=N–C) groups is 1. The van der Waals surface area contributed by atoms with Gasteiger partial charge in [0.05, 0.1) is 20.3 Å². The molecule has 1 rings (SSSR count). The number of guanidine groups is 1. The van der Waals surface area contributed by atoms with Crippen LogP contribution < -0.4 is 15.4 Å².